The number of amides is 1. The van der Waals surface area contributed by atoms with Crippen molar-refractivity contribution in [3.05, 3.63) is 30.0 Å². The number of carbonyl (C=O) groups is 1. The minimum Gasteiger partial charge on any atom is -0.493 e. The molecule has 2 aromatic rings. The van der Waals surface area contributed by atoms with Crippen molar-refractivity contribution in [2.24, 2.45) is 11.3 Å². The Morgan fingerprint density at radius 2 is 2.24 bits per heavy atom. The molecule has 0 unspecified atom stereocenters. The topological polar surface area (TPSA) is 63.4 Å². The number of fused-ring (bicyclic) bond motifs is 1. The van der Waals surface area contributed by atoms with Crippen molar-refractivity contribution >= 4 is 16.8 Å². The van der Waals surface area contributed by atoms with E-state index in [1.165, 1.54) is 6.42 Å². The number of rotatable bonds is 6. The Bertz CT molecular complexity index is 761. The second-order valence-electron chi connectivity index (χ2n) is 7.28. The maximum Gasteiger partial charge on any atom is 0.224 e. The molecule has 5 heteroatoms. The number of hydrogen-bond donors (Lipinski definition) is 2. The normalized spacial score (nSPS) is 21.4. The average molecular weight is 342 g/mol. The average Bonchev–Trinajstić information content (AvgIpc) is 3.11. The molecule has 5 nitrogen and oxygen atoms in total. The van der Waals surface area contributed by atoms with Crippen LogP contribution in [-0.2, 0) is 16.0 Å². The zero-order valence-electron chi connectivity index (χ0n) is 14.8. The Morgan fingerprint density at radius 1 is 1.40 bits per heavy atom. The third kappa shape index (κ3) is 3.25. The molecule has 0 radical (unpaired) electrons. The van der Waals surface area contributed by atoms with E-state index >= 15 is 0 Å². The van der Waals surface area contributed by atoms with Crippen LogP contribution in [0.1, 0.15) is 31.7 Å². The SMILES string of the molecule is CCOc1cccc2[nH]cc(CC(=O)NC[C@H]3CC34CCOCC4)c12. The molecule has 1 saturated carbocycles. The number of benzene rings is 1. The smallest absolute Gasteiger partial charge is 0.224 e. The molecule has 1 saturated heterocycles. The minimum atomic E-state index is 0.0845. The summed E-state index contributed by atoms with van der Waals surface area (Å²) in [5.41, 5.74) is 2.46. The number of H-pyrrole nitrogens is 1. The van der Waals surface area contributed by atoms with Gasteiger partial charge in [0.1, 0.15) is 5.75 Å². The second kappa shape index (κ2) is 6.71. The number of aromatic nitrogens is 1. The molecule has 1 amide bonds. The van der Waals surface area contributed by atoms with E-state index in [9.17, 15) is 4.79 Å². The largest absolute Gasteiger partial charge is 0.493 e. The highest BCUT2D eigenvalue weighted by Gasteiger charge is 2.53. The van der Waals surface area contributed by atoms with E-state index in [0.29, 0.717) is 24.4 Å². The number of ether oxygens (including phenoxy) is 2. The van der Waals surface area contributed by atoms with Gasteiger partial charge in [-0.3, -0.25) is 4.79 Å². The quantitative estimate of drug-likeness (QED) is 0.848. The molecule has 1 spiro atoms. The van der Waals surface area contributed by atoms with Crippen LogP contribution in [0.3, 0.4) is 0 Å². The van der Waals surface area contributed by atoms with Crippen molar-refractivity contribution < 1.29 is 14.3 Å². The molecular weight excluding hydrogens is 316 g/mol. The van der Waals surface area contributed by atoms with Crippen LogP contribution in [0.25, 0.3) is 10.9 Å². The fourth-order valence-corrected chi connectivity index (χ4v) is 4.22. The van der Waals surface area contributed by atoms with Gasteiger partial charge in [-0.15, -0.1) is 0 Å². The first-order valence-electron chi connectivity index (χ1n) is 9.28. The van der Waals surface area contributed by atoms with Crippen molar-refractivity contribution in [2.45, 2.75) is 32.6 Å². The molecule has 2 aliphatic rings. The lowest BCUT2D eigenvalue weighted by atomic mass is 9.94. The van der Waals surface area contributed by atoms with Crippen LogP contribution in [0.5, 0.6) is 5.75 Å². The van der Waals surface area contributed by atoms with E-state index in [4.69, 9.17) is 9.47 Å². The summed E-state index contributed by atoms with van der Waals surface area (Å²) in [4.78, 5) is 15.7. The summed E-state index contributed by atoms with van der Waals surface area (Å²) in [5, 5.41) is 4.16. The third-order valence-electron chi connectivity index (χ3n) is 5.79. The molecular formula is C20H26N2O3. The van der Waals surface area contributed by atoms with Crippen molar-refractivity contribution in [1.82, 2.24) is 10.3 Å². The highest BCUT2D eigenvalue weighted by atomic mass is 16.5. The van der Waals surface area contributed by atoms with Crippen molar-refractivity contribution in [2.75, 3.05) is 26.4 Å². The standard InChI is InChI=1S/C20H26N2O3/c1-2-25-17-5-3-4-16-19(17)14(12-21-16)10-18(23)22-13-15-11-20(15)6-8-24-9-7-20/h3-5,12,15,21H,2,6-11,13H2,1H3,(H,22,23)/t15-/m1/s1. The Morgan fingerprint density at radius 3 is 3.04 bits per heavy atom. The lowest BCUT2D eigenvalue weighted by Crippen LogP contribution is -2.29. The van der Waals surface area contributed by atoms with Gasteiger partial charge in [0.15, 0.2) is 0 Å². The monoisotopic (exact) mass is 342 g/mol. The molecule has 2 fully saturated rings. The lowest BCUT2D eigenvalue weighted by molar-refractivity contribution is -0.120. The van der Waals surface area contributed by atoms with Gasteiger partial charge in [-0.2, -0.15) is 0 Å². The number of carbonyl (C=O) groups excluding carboxylic acids is 1. The summed E-state index contributed by atoms with van der Waals surface area (Å²) < 4.78 is 11.2. The van der Waals surface area contributed by atoms with Crippen LogP contribution in [0.4, 0.5) is 0 Å². The molecule has 1 atom stereocenters. The number of nitrogens with one attached hydrogen (secondary N) is 2. The Kier molecular flexibility index (Phi) is 4.42. The first-order chi connectivity index (χ1) is 12.2. The van der Waals surface area contributed by atoms with Gasteiger partial charge in [0.2, 0.25) is 5.91 Å². The van der Waals surface area contributed by atoms with Crippen molar-refractivity contribution in [3.63, 3.8) is 0 Å². The van der Waals surface area contributed by atoms with Gasteiger partial charge in [-0.05, 0) is 55.2 Å². The molecule has 25 heavy (non-hydrogen) atoms. The van der Waals surface area contributed by atoms with Crippen molar-refractivity contribution in [1.29, 1.82) is 0 Å². The van der Waals surface area contributed by atoms with Gasteiger partial charge in [0.05, 0.1) is 13.0 Å². The van der Waals surface area contributed by atoms with Crippen LogP contribution in [0, 0.1) is 11.3 Å². The molecule has 4 rings (SSSR count). The first-order valence-corrected chi connectivity index (χ1v) is 9.28. The van der Waals surface area contributed by atoms with Gasteiger partial charge >= 0.3 is 0 Å². The minimum absolute atomic E-state index is 0.0845. The van der Waals surface area contributed by atoms with E-state index in [1.807, 2.05) is 31.3 Å². The molecule has 134 valence electrons. The molecule has 2 N–H and O–H groups in total. The van der Waals surface area contributed by atoms with Gasteiger partial charge < -0.3 is 19.8 Å². The summed E-state index contributed by atoms with van der Waals surface area (Å²) in [6.45, 7) is 5.13. The van der Waals surface area contributed by atoms with E-state index in [0.717, 1.165) is 54.8 Å². The Labute approximate surface area is 148 Å². The maximum atomic E-state index is 12.4. The Hall–Kier alpha value is -2.01. The molecule has 2 heterocycles. The summed E-state index contributed by atoms with van der Waals surface area (Å²) in [5.74, 6) is 1.55. The predicted molar refractivity (Wildman–Crippen MR) is 96.8 cm³/mol. The predicted octanol–water partition coefficient (Wildman–Crippen LogP) is 3.04. The van der Waals surface area contributed by atoms with E-state index in [-0.39, 0.29) is 5.91 Å². The van der Waals surface area contributed by atoms with Gasteiger partial charge in [0, 0.05) is 36.9 Å². The van der Waals surface area contributed by atoms with E-state index < -0.39 is 0 Å². The van der Waals surface area contributed by atoms with Gasteiger partial charge in [-0.25, -0.2) is 0 Å². The van der Waals surface area contributed by atoms with E-state index in [1.54, 1.807) is 0 Å². The highest BCUT2D eigenvalue weighted by Crippen LogP contribution is 2.58. The molecule has 1 aromatic heterocycles. The number of hydrogen-bond acceptors (Lipinski definition) is 3. The van der Waals surface area contributed by atoms with Gasteiger partial charge in [-0.1, -0.05) is 6.07 Å². The third-order valence-corrected chi connectivity index (χ3v) is 5.79. The van der Waals surface area contributed by atoms with Crippen LogP contribution >= 0.6 is 0 Å². The fourth-order valence-electron chi connectivity index (χ4n) is 4.22. The molecule has 0 bridgehead atoms. The zero-order chi connectivity index (χ0) is 17.3. The fraction of sp³-hybridized carbons (Fsp3) is 0.550. The zero-order valence-corrected chi connectivity index (χ0v) is 14.8. The highest BCUT2D eigenvalue weighted by molar-refractivity contribution is 5.93. The van der Waals surface area contributed by atoms with E-state index in [2.05, 4.69) is 10.3 Å². The maximum absolute atomic E-state index is 12.4. The summed E-state index contributed by atoms with van der Waals surface area (Å²) >= 11 is 0. The summed E-state index contributed by atoms with van der Waals surface area (Å²) in [6.07, 6.45) is 5.83. The number of aromatic amines is 1. The Balaban J connectivity index is 1.37. The van der Waals surface area contributed by atoms with Crippen molar-refractivity contribution in [3.8, 4) is 5.75 Å². The first kappa shape index (κ1) is 16.5. The lowest BCUT2D eigenvalue weighted by Gasteiger charge is -2.22. The summed E-state index contributed by atoms with van der Waals surface area (Å²) in [6, 6.07) is 5.94. The van der Waals surface area contributed by atoms with Crippen LogP contribution in [-0.4, -0.2) is 37.3 Å². The van der Waals surface area contributed by atoms with Crippen LogP contribution in [0.2, 0.25) is 0 Å². The molecule has 1 aromatic carbocycles. The molecule has 1 aliphatic carbocycles. The van der Waals surface area contributed by atoms with Crippen LogP contribution in [0.15, 0.2) is 24.4 Å². The van der Waals surface area contributed by atoms with Crippen LogP contribution < -0.4 is 10.1 Å². The molecule has 1 aliphatic heterocycles. The van der Waals surface area contributed by atoms with Gasteiger partial charge in [0.25, 0.3) is 0 Å². The summed E-state index contributed by atoms with van der Waals surface area (Å²) in [7, 11) is 0. The second-order valence-corrected chi connectivity index (χ2v) is 7.28.